The van der Waals surface area contributed by atoms with Gasteiger partial charge in [-0.1, -0.05) is 12.1 Å². The molecule has 1 unspecified atom stereocenters. The van der Waals surface area contributed by atoms with Crippen LogP contribution in [0.3, 0.4) is 0 Å². The molecule has 2 aromatic heterocycles. The topological polar surface area (TPSA) is 54.5 Å². The Hall–Kier alpha value is -2.56. The van der Waals surface area contributed by atoms with Gasteiger partial charge in [0.25, 0.3) is 5.91 Å². The number of carbonyl (C=O) groups is 1. The van der Waals surface area contributed by atoms with Crippen LogP contribution >= 0.6 is 11.3 Å². The molecule has 1 saturated heterocycles. The maximum absolute atomic E-state index is 13.8. The Morgan fingerprint density at radius 2 is 2.00 bits per heavy atom. The maximum Gasteiger partial charge on any atom is 0.433 e. The van der Waals surface area contributed by atoms with E-state index >= 15 is 0 Å². The van der Waals surface area contributed by atoms with Crippen molar-refractivity contribution < 1.29 is 27.1 Å². The highest BCUT2D eigenvalue weighted by atomic mass is 32.1. The second kappa shape index (κ2) is 9.13. The molecule has 5 nitrogen and oxygen atoms in total. The molecular weight excluding hydrogens is 446 g/mol. The number of thiophene rings is 1. The van der Waals surface area contributed by atoms with Gasteiger partial charge in [0.1, 0.15) is 16.3 Å². The third-order valence-electron chi connectivity index (χ3n) is 5.48. The third kappa shape index (κ3) is 4.77. The molecule has 1 amide bonds. The van der Waals surface area contributed by atoms with E-state index in [1.807, 2.05) is 6.07 Å². The van der Waals surface area contributed by atoms with Gasteiger partial charge in [-0.3, -0.25) is 9.69 Å². The number of nitrogens with zero attached hydrogens (tertiary/aromatic N) is 2. The fourth-order valence-electron chi connectivity index (χ4n) is 3.80. The summed E-state index contributed by atoms with van der Waals surface area (Å²) in [5.41, 5.74) is 0.325. The smallest absolute Gasteiger partial charge is 0.379 e. The summed E-state index contributed by atoms with van der Waals surface area (Å²) in [5, 5.41) is 3.39. The van der Waals surface area contributed by atoms with Gasteiger partial charge in [0, 0.05) is 25.0 Å². The van der Waals surface area contributed by atoms with Crippen molar-refractivity contribution in [3.05, 3.63) is 63.9 Å². The van der Waals surface area contributed by atoms with E-state index in [9.17, 15) is 22.4 Å². The minimum absolute atomic E-state index is 0.164. The molecule has 1 atom stereocenters. The summed E-state index contributed by atoms with van der Waals surface area (Å²) in [4.78, 5) is 19.2. The van der Waals surface area contributed by atoms with Crippen LogP contribution in [0.1, 0.15) is 32.5 Å². The molecule has 170 valence electrons. The van der Waals surface area contributed by atoms with E-state index in [4.69, 9.17) is 4.74 Å². The lowest BCUT2D eigenvalue weighted by atomic mass is 10.0. The SMILES string of the molecule is Cc1c(C(=O)NCC(c2cccc(F)c2)N2CCOCC2)sc2nc(C(F)(F)F)ccc12. The Kier molecular flexibility index (Phi) is 6.45. The Morgan fingerprint density at radius 3 is 2.69 bits per heavy atom. The lowest BCUT2D eigenvalue weighted by Gasteiger charge is -2.35. The van der Waals surface area contributed by atoms with Gasteiger partial charge in [-0.05, 0) is 42.3 Å². The van der Waals surface area contributed by atoms with Crippen LogP contribution in [0.25, 0.3) is 10.2 Å². The van der Waals surface area contributed by atoms with Crippen LogP contribution in [0.5, 0.6) is 0 Å². The van der Waals surface area contributed by atoms with Crippen molar-refractivity contribution in [2.75, 3.05) is 32.8 Å². The zero-order chi connectivity index (χ0) is 22.9. The number of fused-ring (bicyclic) bond motifs is 1. The first kappa shape index (κ1) is 22.6. The predicted molar refractivity (Wildman–Crippen MR) is 113 cm³/mol. The number of alkyl halides is 3. The van der Waals surface area contributed by atoms with E-state index in [0.29, 0.717) is 42.1 Å². The van der Waals surface area contributed by atoms with Crippen LogP contribution in [0.2, 0.25) is 0 Å². The van der Waals surface area contributed by atoms with Crippen LogP contribution in [-0.2, 0) is 10.9 Å². The summed E-state index contributed by atoms with van der Waals surface area (Å²) in [5.74, 6) is -0.757. The fraction of sp³-hybridized carbons (Fsp3) is 0.364. The molecule has 1 aliphatic rings. The van der Waals surface area contributed by atoms with Crippen LogP contribution in [0.15, 0.2) is 36.4 Å². The summed E-state index contributed by atoms with van der Waals surface area (Å²) in [6.45, 7) is 4.28. The minimum Gasteiger partial charge on any atom is -0.379 e. The molecule has 0 saturated carbocycles. The number of carbonyl (C=O) groups excluding carboxylic acids is 1. The molecule has 10 heteroatoms. The molecule has 3 aromatic rings. The van der Waals surface area contributed by atoms with Crippen LogP contribution in [0, 0.1) is 12.7 Å². The molecule has 1 fully saturated rings. The molecule has 0 spiro atoms. The summed E-state index contributed by atoms with van der Waals surface area (Å²) in [6, 6.07) is 8.24. The molecule has 1 aromatic carbocycles. The van der Waals surface area contributed by atoms with E-state index in [1.165, 1.54) is 18.2 Å². The van der Waals surface area contributed by atoms with Gasteiger partial charge in [0.2, 0.25) is 0 Å². The van der Waals surface area contributed by atoms with Crippen LogP contribution in [-0.4, -0.2) is 48.6 Å². The van der Waals surface area contributed by atoms with Gasteiger partial charge in [-0.2, -0.15) is 13.2 Å². The summed E-state index contributed by atoms with van der Waals surface area (Å²) in [6.07, 6.45) is -4.55. The first-order valence-electron chi connectivity index (χ1n) is 10.1. The summed E-state index contributed by atoms with van der Waals surface area (Å²) < 4.78 is 58.2. The number of benzene rings is 1. The van der Waals surface area contributed by atoms with Gasteiger partial charge < -0.3 is 10.1 Å². The van der Waals surface area contributed by atoms with Crippen molar-refractivity contribution >= 4 is 27.5 Å². The van der Waals surface area contributed by atoms with Crippen LogP contribution in [0.4, 0.5) is 17.6 Å². The average molecular weight is 467 g/mol. The molecule has 0 radical (unpaired) electrons. The first-order valence-corrected chi connectivity index (χ1v) is 10.9. The maximum atomic E-state index is 13.8. The zero-order valence-electron chi connectivity index (χ0n) is 17.2. The number of ether oxygens (including phenoxy) is 1. The Morgan fingerprint density at radius 1 is 1.25 bits per heavy atom. The van der Waals surface area contributed by atoms with Gasteiger partial charge in [0.15, 0.2) is 0 Å². The quantitative estimate of drug-likeness (QED) is 0.559. The number of hydrogen-bond donors (Lipinski definition) is 1. The number of amides is 1. The number of aromatic nitrogens is 1. The Balaban J connectivity index is 1.56. The standard InChI is InChI=1S/C22H21F4N3O2S/c1-13-16-5-6-18(22(24,25)26)28-21(16)32-19(13)20(30)27-12-17(29-7-9-31-10-8-29)14-3-2-4-15(23)11-14/h2-6,11,17H,7-10,12H2,1H3,(H,27,30). The lowest BCUT2D eigenvalue weighted by molar-refractivity contribution is -0.140. The third-order valence-corrected chi connectivity index (χ3v) is 6.68. The van der Waals surface area contributed by atoms with Gasteiger partial charge >= 0.3 is 6.18 Å². The zero-order valence-corrected chi connectivity index (χ0v) is 18.0. The van der Waals surface area contributed by atoms with Crippen molar-refractivity contribution in [2.24, 2.45) is 0 Å². The number of rotatable bonds is 5. The molecule has 1 N–H and O–H groups in total. The number of hydrogen-bond acceptors (Lipinski definition) is 5. The fourth-order valence-corrected chi connectivity index (χ4v) is 4.90. The van der Waals surface area contributed by atoms with E-state index in [1.54, 1.807) is 13.0 Å². The molecule has 0 aliphatic carbocycles. The van der Waals surface area contributed by atoms with Crippen molar-refractivity contribution in [3.63, 3.8) is 0 Å². The Labute approximate surface area is 186 Å². The molecule has 32 heavy (non-hydrogen) atoms. The lowest BCUT2D eigenvalue weighted by Crippen LogP contribution is -2.43. The minimum atomic E-state index is -4.55. The van der Waals surface area contributed by atoms with E-state index in [-0.39, 0.29) is 23.2 Å². The predicted octanol–water partition coefficient (Wildman–Crippen LogP) is 4.57. The Bertz CT molecular complexity index is 1130. The van der Waals surface area contributed by atoms with Crippen molar-refractivity contribution in [3.8, 4) is 0 Å². The first-order chi connectivity index (χ1) is 15.2. The number of halogens is 4. The normalized spacial score (nSPS) is 16.3. The summed E-state index contributed by atoms with van der Waals surface area (Å²) >= 11 is 0.931. The van der Waals surface area contributed by atoms with Crippen molar-refractivity contribution in [1.82, 2.24) is 15.2 Å². The molecular formula is C22H21F4N3O2S. The highest BCUT2D eigenvalue weighted by Crippen LogP contribution is 2.34. The number of nitrogens with one attached hydrogen (secondary N) is 1. The highest BCUT2D eigenvalue weighted by molar-refractivity contribution is 7.20. The van der Waals surface area contributed by atoms with E-state index < -0.39 is 17.8 Å². The molecule has 4 rings (SSSR count). The van der Waals surface area contributed by atoms with Gasteiger partial charge in [-0.15, -0.1) is 11.3 Å². The van der Waals surface area contributed by atoms with E-state index in [2.05, 4.69) is 15.2 Å². The molecule has 3 heterocycles. The summed E-state index contributed by atoms with van der Waals surface area (Å²) in [7, 11) is 0. The number of morpholine rings is 1. The van der Waals surface area contributed by atoms with Crippen molar-refractivity contribution in [1.29, 1.82) is 0 Å². The highest BCUT2D eigenvalue weighted by Gasteiger charge is 2.33. The second-order valence-corrected chi connectivity index (χ2v) is 8.53. The molecule has 0 bridgehead atoms. The van der Waals surface area contributed by atoms with Crippen LogP contribution < -0.4 is 5.32 Å². The molecule has 1 aliphatic heterocycles. The monoisotopic (exact) mass is 467 g/mol. The van der Waals surface area contributed by atoms with E-state index in [0.717, 1.165) is 23.0 Å². The van der Waals surface area contributed by atoms with Crippen molar-refractivity contribution in [2.45, 2.75) is 19.1 Å². The number of aryl methyl sites for hydroxylation is 1. The largest absolute Gasteiger partial charge is 0.433 e. The number of pyridine rings is 1. The van der Waals surface area contributed by atoms with Gasteiger partial charge in [-0.25, -0.2) is 9.37 Å². The average Bonchev–Trinajstić information content (AvgIpc) is 3.10. The van der Waals surface area contributed by atoms with Gasteiger partial charge in [0.05, 0.1) is 24.1 Å². The second-order valence-electron chi connectivity index (χ2n) is 7.53.